The molecule has 0 bridgehead atoms. The van der Waals surface area contributed by atoms with Crippen molar-refractivity contribution in [1.29, 1.82) is 0 Å². The second kappa shape index (κ2) is 7.40. The van der Waals surface area contributed by atoms with Gasteiger partial charge in [-0.1, -0.05) is 27.7 Å². The minimum absolute atomic E-state index is 0. The van der Waals surface area contributed by atoms with Gasteiger partial charge in [-0.25, -0.2) is 0 Å². The van der Waals surface area contributed by atoms with Gasteiger partial charge in [0.1, 0.15) is 6.61 Å². The maximum Gasteiger partial charge on any atom is 0.222 e. The van der Waals surface area contributed by atoms with E-state index in [1.54, 1.807) is 0 Å². The molecule has 0 aliphatic rings. The zero-order valence-electron chi connectivity index (χ0n) is 10.0. The summed E-state index contributed by atoms with van der Waals surface area (Å²) in [5.74, 6) is 0.0940. The number of ketones is 1. The number of carbonyl (C=O) groups is 2. The van der Waals surface area contributed by atoms with Crippen LogP contribution in [0.3, 0.4) is 0 Å². The van der Waals surface area contributed by atoms with Crippen LogP contribution in [0.4, 0.5) is 0 Å². The summed E-state index contributed by atoms with van der Waals surface area (Å²) in [5, 5.41) is 2.71. The molecule has 0 saturated carbocycles. The molecule has 1 amide bonds. The van der Waals surface area contributed by atoms with E-state index in [2.05, 4.69) is 5.32 Å². The molecule has 4 heteroatoms. The van der Waals surface area contributed by atoms with E-state index in [9.17, 15) is 9.59 Å². The van der Waals surface area contributed by atoms with E-state index < -0.39 is 0 Å². The molecule has 0 radical (unpaired) electrons. The van der Waals surface area contributed by atoms with Crippen LogP contribution < -0.4 is 5.32 Å². The van der Waals surface area contributed by atoms with Crippen LogP contribution in [0, 0.1) is 11.8 Å². The number of Topliss-reactive ketones (excluding diaryl/α,β-unsaturated/α-hetero) is 1. The maximum absolute atomic E-state index is 11.1. The second-order valence-electron chi connectivity index (χ2n) is 4.12. The number of hydrogen-bond donors (Lipinski definition) is 1. The van der Waals surface area contributed by atoms with E-state index in [0.29, 0.717) is 13.2 Å². The fourth-order valence-corrected chi connectivity index (χ4v) is 0.790. The van der Waals surface area contributed by atoms with Crippen LogP contribution in [-0.2, 0) is 14.3 Å². The zero-order valence-corrected chi connectivity index (χ0v) is 10.0. The Labute approximate surface area is 92.9 Å². The lowest BCUT2D eigenvalue weighted by Crippen LogP contribution is -2.31. The first-order valence-electron chi connectivity index (χ1n) is 5.33. The first kappa shape index (κ1) is 14.1. The summed E-state index contributed by atoms with van der Waals surface area (Å²) in [6, 6.07) is 0. The van der Waals surface area contributed by atoms with Crippen molar-refractivity contribution in [2.45, 2.75) is 27.7 Å². The van der Waals surface area contributed by atoms with Gasteiger partial charge < -0.3 is 10.1 Å². The molecule has 0 saturated heterocycles. The summed E-state index contributed by atoms with van der Waals surface area (Å²) in [6.07, 6.45) is 0. The fourth-order valence-electron chi connectivity index (χ4n) is 0.790. The molecule has 0 atom stereocenters. The van der Waals surface area contributed by atoms with E-state index in [1.165, 1.54) is 0 Å². The Morgan fingerprint density at radius 3 is 2.27 bits per heavy atom. The van der Waals surface area contributed by atoms with E-state index in [4.69, 9.17) is 4.74 Å². The van der Waals surface area contributed by atoms with Gasteiger partial charge in [0.05, 0.1) is 6.61 Å². The molecule has 1 N–H and O–H groups in total. The van der Waals surface area contributed by atoms with Crippen LogP contribution in [0.1, 0.15) is 29.1 Å². The molecule has 0 rings (SSSR count). The van der Waals surface area contributed by atoms with Gasteiger partial charge in [0.15, 0.2) is 5.78 Å². The normalized spacial score (nSPS) is 10.8. The summed E-state index contributed by atoms with van der Waals surface area (Å²) in [4.78, 5) is 22.3. The summed E-state index contributed by atoms with van der Waals surface area (Å²) >= 11 is 0. The highest BCUT2D eigenvalue weighted by Crippen LogP contribution is 1.94. The first-order valence-corrected chi connectivity index (χ1v) is 5.33. The van der Waals surface area contributed by atoms with E-state index in [1.807, 2.05) is 27.7 Å². The number of carbonyl (C=O) groups excluding carboxylic acids is 2. The zero-order chi connectivity index (χ0) is 11.8. The van der Waals surface area contributed by atoms with Crippen LogP contribution in [0.5, 0.6) is 0 Å². The lowest BCUT2D eigenvalue weighted by molar-refractivity contribution is -0.126. The maximum atomic E-state index is 11.1. The summed E-state index contributed by atoms with van der Waals surface area (Å²) in [6.45, 7) is 8.32. The van der Waals surface area contributed by atoms with Crippen molar-refractivity contribution >= 4 is 11.7 Å². The number of rotatable bonds is 7. The Bertz CT molecular complexity index is 195. The predicted molar refractivity (Wildman–Crippen MR) is 60.6 cm³/mol. The number of amides is 1. The monoisotopic (exact) mass is 217 g/mol. The third-order valence-electron chi connectivity index (χ3n) is 1.96. The van der Waals surface area contributed by atoms with Crippen molar-refractivity contribution in [2.75, 3.05) is 19.8 Å². The van der Waals surface area contributed by atoms with Crippen LogP contribution in [0.15, 0.2) is 0 Å². The molecule has 0 heterocycles. The number of hydrogen-bond acceptors (Lipinski definition) is 3. The van der Waals surface area contributed by atoms with Crippen molar-refractivity contribution < 1.29 is 15.8 Å². The highest BCUT2D eigenvalue weighted by Gasteiger charge is 2.07. The van der Waals surface area contributed by atoms with Gasteiger partial charge in [-0.05, 0) is 0 Å². The predicted octanol–water partition coefficient (Wildman–Crippen LogP) is 1.25. The van der Waals surface area contributed by atoms with E-state index >= 15 is 0 Å². The van der Waals surface area contributed by atoms with Gasteiger partial charge in [-0.3, -0.25) is 9.59 Å². The molecule has 0 fully saturated rings. The van der Waals surface area contributed by atoms with Gasteiger partial charge in [-0.15, -0.1) is 0 Å². The largest absolute Gasteiger partial charge is 0.372 e. The molecular formula is C11H23NO3. The second-order valence-corrected chi connectivity index (χ2v) is 4.12. The standard InChI is InChI=1S/C11H21NO3.H2/c1-8(2)10(13)7-15-6-5-12-11(14)9(3)4;/h8-9H,5-7H2,1-4H3,(H,12,14);1H. The van der Waals surface area contributed by atoms with Crippen LogP contribution in [0.2, 0.25) is 0 Å². The highest BCUT2D eigenvalue weighted by molar-refractivity contribution is 5.81. The Morgan fingerprint density at radius 1 is 1.20 bits per heavy atom. The number of ether oxygens (including phenoxy) is 1. The van der Waals surface area contributed by atoms with Crippen molar-refractivity contribution in [1.82, 2.24) is 5.32 Å². The highest BCUT2D eigenvalue weighted by atomic mass is 16.5. The molecule has 90 valence electrons. The molecular weight excluding hydrogens is 194 g/mol. The van der Waals surface area contributed by atoms with Gasteiger partial charge >= 0.3 is 0 Å². The third-order valence-corrected chi connectivity index (χ3v) is 1.96. The summed E-state index contributed by atoms with van der Waals surface area (Å²) in [7, 11) is 0. The van der Waals surface area contributed by atoms with Crippen LogP contribution in [0.25, 0.3) is 0 Å². The van der Waals surface area contributed by atoms with Gasteiger partial charge in [0.25, 0.3) is 0 Å². The molecule has 0 aliphatic carbocycles. The van der Waals surface area contributed by atoms with E-state index in [0.717, 1.165) is 0 Å². The molecule has 0 aromatic carbocycles. The molecule has 0 unspecified atom stereocenters. The minimum atomic E-state index is -0.0118. The SMILES string of the molecule is CC(C)C(=O)COCCNC(=O)C(C)C.[HH]. The molecule has 15 heavy (non-hydrogen) atoms. The third kappa shape index (κ3) is 7.08. The van der Waals surface area contributed by atoms with Gasteiger partial charge in [0.2, 0.25) is 5.91 Å². The molecule has 0 aliphatic heterocycles. The lowest BCUT2D eigenvalue weighted by Gasteiger charge is -2.08. The average Bonchev–Trinajstić information content (AvgIpc) is 2.16. The molecule has 0 aromatic rings. The topological polar surface area (TPSA) is 55.4 Å². The van der Waals surface area contributed by atoms with Gasteiger partial charge in [-0.2, -0.15) is 0 Å². The van der Waals surface area contributed by atoms with Crippen LogP contribution in [-0.4, -0.2) is 31.4 Å². The lowest BCUT2D eigenvalue weighted by atomic mass is 10.1. The van der Waals surface area contributed by atoms with Crippen molar-refractivity contribution in [2.24, 2.45) is 11.8 Å². The number of nitrogens with one attached hydrogen (secondary N) is 1. The first-order chi connectivity index (χ1) is 6.95. The molecule has 4 nitrogen and oxygen atoms in total. The quantitative estimate of drug-likeness (QED) is 0.653. The smallest absolute Gasteiger partial charge is 0.222 e. The Kier molecular flexibility index (Phi) is 6.96. The Hall–Kier alpha value is -0.900. The van der Waals surface area contributed by atoms with Crippen molar-refractivity contribution in [3.8, 4) is 0 Å². The van der Waals surface area contributed by atoms with Crippen LogP contribution >= 0.6 is 0 Å². The Morgan fingerprint density at radius 2 is 1.80 bits per heavy atom. The Balaban J connectivity index is 0. The van der Waals surface area contributed by atoms with Crippen molar-refractivity contribution in [3.05, 3.63) is 0 Å². The molecule has 0 aromatic heterocycles. The van der Waals surface area contributed by atoms with E-state index in [-0.39, 0.29) is 31.6 Å². The fraction of sp³-hybridized carbons (Fsp3) is 0.818. The average molecular weight is 217 g/mol. The summed E-state index contributed by atoms with van der Waals surface area (Å²) < 4.78 is 5.12. The molecule has 0 spiro atoms. The minimum Gasteiger partial charge on any atom is -0.372 e. The van der Waals surface area contributed by atoms with Gasteiger partial charge in [0, 0.05) is 19.8 Å². The van der Waals surface area contributed by atoms with Crippen molar-refractivity contribution in [3.63, 3.8) is 0 Å². The summed E-state index contributed by atoms with van der Waals surface area (Å²) in [5.41, 5.74) is 0.